The summed E-state index contributed by atoms with van der Waals surface area (Å²) in [4.78, 5) is 0. The quantitative estimate of drug-likeness (QED) is 0.173. The van der Waals surface area contributed by atoms with Gasteiger partial charge in [0, 0.05) is 0 Å². The number of anilines is 1. The minimum Gasteiger partial charge on any atom is -0.490 e. The molecule has 5 nitrogen and oxygen atoms in total. The van der Waals surface area contributed by atoms with Crippen LogP contribution in [0.5, 0.6) is 17.2 Å². The number of nitrogens with one attached hydrogen (secondary N) is 1. The van der Waals surface area contributed by atoms with Crippen molar-refractivity contribution in [1.29, 1.82) is 0 Å². The molecule has 0 unspecified atom stereocenters. The van der Waals surface area contributed by atoms with Crippen molar-refractivity contribution in [2.75, 3.05) is 18.6 Å². The summed E-state index contributed by atoms with van der Waals surface area (Å²) in [6.07, 6.45) is 1.77. The second kappa shape index (κ2) is 12.0. The third-order valence-corrected chi connectivity index (χ3v) is 4.75. The third kappa shape index (κ3) is 7.43. The molecular formula is C28H26N2O3. The lowest BCUT2D eigenvalue weighted by atomic mass is 10.2. The highest BCUT2D eigenvalue weighted by atomic mass is 16.5. The van der Waals surface area contributed by atoms with Crippen LogP contribution in [0.2, 0.25) is 0 Å². The summed E-state index contributed by atoms with van der Waals surface area (Å²) < 4.78 is 17.3. The molecule has 0 radical (unpaired) electrons. The summed E-state index contributed by atoms with van der Waals surface area (Å²) >= 11 is 0. The summed E-state index contributed by atoms with van der Waals surface area (Å²) in [6.45, 7) is 1.45. The number of para-hydroxylation sites is 1. The number of hydrogen-bond acceptors (Lipinski definition) is 5. The highest BCUT2D eigenvalue weighted by Crippen LogP contribution is 2.19. The van der Waals surface area contributed by atoms with Gasteiger partial charge >= 0.3 is 0 Å². The van der Waals surface area contributed by atoms with E-state index < -0.39 is 0 Å². The van der Waals surface area contributed by atoms with Crippen LogP contribution in [0.15, 0.2) is 114 Å². The first-order valence-corrected chi connectivity index (χ1v) is 10.8. The van der Waals surface area contributed by atoms with Crippen LogP contribution >= 0.6 is 0 Å². The lowest BCUT2D eigenvalue weighted by molar-refractivity contribution is 0.217. The molecule has 166 valence electrons. The molecule has 0 atom stereocenters. The van der Waals surface area contributed by atoms with Gasteiger partial charge in [-0.2, -0.15) is 5.10 Å². The number of ether oxygens (including phenoxy) is 3. The molecule has 33 heavy (non-hydrogen) atoms. The van der Waals surface area contributed by atoms with Crippen LogP contribution in [0, 0.1) is 0 Å². The highest BCUT2D eigenvalue weighted by Gasteiger charge is 1.99. The van der Waals surface area contributed by atoms with Crippen molar-refractivity contribution < 1.29 is 14.2 Å². The maximum absolute atomic E-state index is 5.79. The van der Waals surface area contributed by atoms with Gasteiger partial charge in [-0.25, -0.2) is 0 Å². The monoisotopic (exact) mass is 438 g/mol. The van der Waals surface area contributed by atoms with E-state index in [0.29, 0.717) is 19.8 Å². The van der Waals surface area contributed by atoms with E-state index in [9.17, 15) is 0 Å². The van der Waals surface area contributed by atoms with Crippen molar-refractivity contribution in [2.24, 2.45) is 5.10 Å². The van der Waals surface area contributed by atoms with Gasteiger partial charge < -0.3 is 14.2 Å². The van der Waals surface area contributed by atoms with Crippen LogP contribution in [0.25, 0.3) is 0 Å². The van der Waals surface area contributed by atoms with Gasteiger partial charge in [0.15, 0.2) is 0 Å². The Hall–Kier alpha value is -4.25. The number of rotatable bonds is 11. The first kappa shape index (κ1) is 22.0. The predicted octanol–water partition coefficient (Wildman–Crippen LogP) is 6.17. The summed E-state index contributed by atoms with van der Waals surface area (Å²) in [5, 5.41) is 4.24. The normalized spacial score (nSPS) is 10.7. The maximum Gasteiger partial charge on any atom is 0.122 e. The Bertz CT molecular complexity index is 1110. The predicted molar refractivity (Wildman–Crippen MR) is 132 cm³/mol. The van der Waals surface area contributed by atoms with Crippen LogP contribution in [-0.2, 0) is 6.61 Å². The lowest BCUT2D eigenvalue weighted by Gasteiger charge is -2.10. The van der Waals surface area contributed by atoms with Gasteiger partial charge in [-0.15, -0.1) is 0 Å². The number of hydrazone groups is 1. The van der Waals surface area contributed by atoms with Crippen LogP contribution < -0.4 is 19.6 Å². The third-order valence-electron chi connectivity index (χ3n) is 4.75. The topological polar surface area (TPSA) is 52.1 Å². The summed E-state index contributed by atoms with van der Waals surface area (Å²) in [6, 6.07) is 35.3. The minimum atomic E-state index is 0.453. The zero-order valence-corrected chi connectivity index (χ0v) is 18.3. The molecule has 0 aliphatic carbocycles. The fourth-order valence-corrected chi connectivity index (χ4v) is 3.04. The van der Waals surface area contributed by atoms with Crippen LogP contribution in [0.4, 0.5) is 5.69 Å². The molecule has 0 fully saturated rings. The van der Waals surface area contributed by atoms with Gasteiger partial charge in [0.1, 0.15) is 37.1 Å². The highest BCUT2D eigenvalue weighted by molar-refractivity contribution is 5.80. The largest absolute Gasteiger partial charge is 0.490 e. The van der Waals surface area contributed by atoms with Crippen molar-refractivity contribution in [3.05, 3.63) is 120 Å². The van der Waals surface area contributed by atoms with Crippen molar-refractivity contribution in [1.82, 2.24) is 0 Å². The maximum atomic E-state index is 5.79. The molecule has 0 spiro atoms. The van der Waals surface area contributed by atoms with Crippen LogP contribution in [-0.4, -0.2) is 19.4 Å². The Kier molecular flexibility index (Phi) is 7.96. The van der Waals surface area contributed by atoms with E-state index in [-0.39, 0.29) is 0 Å². The average Bonchev–Trinajstić information content (AvgIpc) is 2.88. The zero-order valence-electron chi connectivity index (χ0n) is 18.3. The van der Waals surface area contributed by atoms with Gasteiger partial charge in [-0.1, -0.05) is 48.5 Å². The second-order valence-electron chi connectivity index (χ2n) is 7.25. The second-order valence-corrected chi connectivity index (χ2v) is 7.25. The fraction of sp³-hybridized carbons (Fsp3) is 0.107. The van der Waals surface area contributed by atoms with Crippen LogP contribution in [0.1, 0.15) is 11.1 Å². The molecular weight excluding hydrogens is 412 g/mol. The number of hydrogen-bond donors (Lipinski definition) is 1. The lowest BCUT2D eigenvalue weighted by Crippen LogP contribution is -2.09. The van der Waals surface area contributed by atoms with Gasteiger partial charge in [-0.05, 0) is 71.8 Å². The summed E-state index contributed by atoms with van der Waals surface area (Å²) in [5.41, 5.74) is 6.07. The summed E-state index contributed by atoms with van der Waals surface area (Å²) in [5.74, 6) is 2.38. The fourth-order valence-electron chi connectivity index (χ4n) is 3.04. The van der Waals surface area contributed by atoms with Crippen molar-refractivity contribution in [3.8, 4) is 17.2 Å². The molecule has 0 aliphatic heterocycles. The molecule has 4 aromatic carbocycles. The van der Waals surface area contributed by atoms with E-state index >= 15 is 0 Å². The van der Waals surface area contributed by atoms with Gasteiger partial charge in [-0.3, -0.25) is 5.43 Å². The summed E-state index contributed by atoms with van der Waals surface area (Å²) in [7, 11) is 0. The van der Waals surface area contributed by atoms with Crippen molar-refractivity contribution in [2.45, 2.75) is 6.61 Å². The van der Waals surface area contributed by atoms with E-state index in [1.807, 2.05) is 109 Å². The van der Waals surface area contributed by atoms with E-state index in [0.717, 1.165) is 34.1 Å². The molecule has 0 heterocycles. The van der Waals surface area contributed by atoms with Crippen molar-refractivity contribution in [3.63, 3.8) is 0 Å². The Morgan fingerprint density at radius 2 is 1.09 bits per heavy atom. The number of nitrogens with zero attached hydrogens (tertiary/aromatic N) is 1. The van der Waals surface area contributed by atoms with E-state index in [1.165, 1.54) is 0 Å². The smallest absolute Gasteiger partial charge is 0.122 e. The Balaban J connectivity index is 1.14. The first-order valence-electron chi connectivity index (χ1n) is 10.8. The van der Waals surface area contributed by atoms with Crippen molar-refractivity contribution >= 4 is 11.9 Å². The van der Waals surface area contributed by atoms with E-state index in [1.54, 1.807) is 6.21 Å². The molecule has 0 aromatic heterocycles. The molecule has 0 bridgehead atoms. The standard InChI is InChI=1S/C28H26N2O3/c1-3-7-24(8-4-1)22-33-28-17-15-27(16-18-28)32-20-19-31-26-13-11-23(12-14-26)21-29-30-25-9-5-2-6-10-25/h1-18,21,30H,19-20,22H2. The zero-order chi connectivity index (χ0) is 22.6. The van der Waals surface area contributed by atoms with E-state index in [4.69, 9.17) is 14.2 Å². The molecule has 0 aliphatic rings. The Labute approximate surface area is 194 Å². The molecule has 0 amide bonds. The van der Waals surface area contributed by atoms with Gasteiger partial charge in [0.25, 0.3) is 0 Å². The molecule has 4 rings (SSSR count). The molecule has 4 aromatic rings. The Morgan fingerprint density at radius 3 is 1.70 bits per heavy atom. The molecule has 5 heteroatoms. The molecule has 0 saturated heterocycles. The van der Waals surface area contributed by atoms with E-state index in [2.05, 4.69) is 10.5 Å². The molecule has 1 N–H and O–H groups in total. The number of benzene rings is 4. The molecule has 0 saturated carbocycles. The van der Waals surface area contributed by atoms with Gasteiger partial charge in [0.2, 0.25) is 0 Å². The Morgan fingerprint density at radius 1 is 0.576 bits per heavy atom. The SMILES string of the molecule is C(=NNc1ccccc1)c1ccc(OCCOc2ccc(OCc3ccccc3)cc2)cc1. The van der Waals surface area contributed by atoms with Gasteiger partial charge in [0.05, 0.1) is 11.9 Å². The average molecular weight is 439 g/mol. The minimum absolute atomic E-state index is 0.453. The first-order chi connectivity index (χ1) is 16.3. The van der Waals surface area contributed by atoms with Crippen LogP contribution in [0.3, 0.4) is 0 Å².